The Morgan fingerprint density at radius 1 is 1.38 bits per heavy atom. The molecule has 0 radical (unpaired) electrons. The molecule has 0 aliphatic carbocycles. The highest BCUT2D eigenvalue weighted by Crippen LogP contribution is 2.11. The van der Waals surface area contributed by atoms with Gasteiger partial charge in [0.15, 0.2) is 0 Å². The molecule has 1 amide bonds. The molecule has 0 aliphatic rings. The van der Waals surface area contributed by atoms with Gasteiger partial charge in [0.2, 0.25) is 0 Å². The SMILES string of the molecule is CC(CNC(=O)c1coc(CN)c1)Oc1ccccc1.Cl. The van der Waals surface area contributed by atoms with Crippen molar-refractivity contribution in [3.05, 3.63) is 54.0 Å². The number of carbonyl (C=O) groups excluding carboxylic acids is 1. The molecule has 0 saturated heterocycles. The van der Waals surface area contributed by atoms with Crippen LogP contribution >= 0.6 is 12.4 Å². The number of hydrogen-bond donors (Lipinski definition) is 2. The fourth-order valence-corrected chi connectivity index (χ4v) is 1.72. The molecule has 114 valence electrons. The number of hydrogen-bond acceptors (Lipinski definition) is 4. The Balaban J connectivity index is 0.00000220. The number of halogens is 1. The number of amides is 1. The quantitative estimate of drug-likeness (QED) is 0.858. The second-order valence-corrected chi connectivity index (χ2v) is 4.46. The summed E-state index contributed by atoms with van der Waals surface area (Å²) in [7, 11) is 0. The lowest BCUT2D eigenvalue weighted by atomic mass is 10.3. The molecule has 0 spiro atoms. The van der Waals surface area contributed by atoms with Gasteiger partial charge in [0.1, 0.15) is 23.9 Å². The number of carbonyl (C=O) groups is 1. The van der Waals surface area contributed by atoms with Gasteiger partial charge in [0.25, 0.3) is 5.91 Å². The Kier molecular flexibility index (Phi) is 6.78. The van der Waals surface area contributed by atoms with Crippen molar-refractivity contribution in [2.24, 2.45) is 5.73 Å². The summed E-state index contributed by atoms with van der Waals surface area (Å²) in [6.45, 7) is 2.59. The molecule has 1 aromatic heterocycles. The number of nitrogens with one attached hydrogen (secondary N) is 1. The normalized spacial score (nSPS) is 11.3. The zero-order chi connectivity index (χ0) is 14.4. The third-order valence-electron chi connectivity index (χ3n) is 2.75. The summed E-state index contributed by atoms with van der Waals surface area (Å²) < 4.78 is 10.8. The van der Waals surface area contributed by atoms with Crippen molar-refractivity contribution in [1.29, 1.82) is 0 Å². The topological polar surface area (TPSA) is 77.5 Å². The van der Waals surface area contributed by atoms with Crippen LogP contribution in [0.3, 0.4) is 0 Å². The fourth-order valence-electron chi connectivity index (χ4n) is 1.72. The van der Waals surface area contributed by atoms with E-state index >= 15 is 0 Å². The van der Waals surface area contributed by atoms with Crippen molar-refractivity contribution in [1.82, 2.24) is 5.32 Å². The van der Waals surface area contributed by atoms with Crippen molar-refractivity contribution < 1.29 is 13.9 Å². The van der Waals surface area contributed by atoms with Crippen LogP contribution in [-0.4, -0.2) is 18.6 Å². The van der Waals surface area contributed by atoms with Crippen LogP contribution in [0.2, 0.25) is 0 Å². The Morgan fingerprint density at radius 2 is 2.10 bits per heavy atom. The zero-order valence-corrected chi connectivity index (χ0v) is 12.6. The van der Waals surface area contributed by atoms with E-state index in [2.05, 4.69) is 5.32 Å². The Hall–Kier alpha value is -1.98. The molecule has 2 rings (SSSR count). The van der Waals surface area contributed by atoms with E-state index in [4.69, 9.17) is 14.9 Å². The predicted molar refractivity (Wildman–Crippen MR) is 82.7 cm³/mol. The largest absolute Gasteiger partial charge is 0.489 e. The minimum Gasteiger partial charge on any atom is -0.489 e. The van der Waals surface area contributed by atoms with E-state index in [0.29, 0.717) is 17.9 Å². The summed E-state index contributed by atoms with van der Waals surface area (Å²) in [6, 6.07) is 11.1. The standard InChI is InChI=1S/C15H18N2O3.ClH/c1-11(20-13-5-3-2-4-6-13)9-17-15(18)12-7-14(8-16)19-10-12;/h2-7,10-11H,8-9,16H2,1H3,(H,17,18);1H. The molecule has 0 aliphatic heterocycles. The first-order chi connectivity index (χ1) is 9.69. The second kappa shape index (κ2) is 8.34. The predicted octanol–water partition coefficient (Wildman–Crippen LogP) is 2.36. The molecule has 1 atom stereocenters. The monoisotopic (exact) mass is 310 g/mol. The average Bonchev–Trinajstić information content (AvgIpc) is 2.95. The Bertz CT molecular complexity index is 557. The molecule has 0 bridgehead atoms. The van der Waals surface area contributed by atoms with Crippen molar-refractivity contribution in [2.45, 2.75) is 19.6 Å². The third-order valence-corrected chi connectivity index (χ3v) is 2.75. The van der Waals surface area contributed by atoms with E-state index in [1.807, 2.05) is 37.3 Å². The number of ether oxygens (including phenoxy) is 1. The van der Waals surface area contributed by atoms with Gasteiger partial charge in [-0.05, 0) is 25.1 Å². The number of rotatable bonds is 6. The molecule has 1 heterocycles. The Labute approximate surface area is 129 Å². The van der Waals surface area contributed by atoms with Crippen LogP contribution in [0.25, 0.3) is 0 Å². The van der Waals surface area contributed by atoms with E-state index in [0.717, 1.165) is 5.75 Å². The molecule has 6 heteroatoms. The zero-order valence-electron chi connectivity index (χ0n) is 11.7. The number of benzene rings is 1. The molecule has 0 fully saturated rings. The molecule has 0 saturated carbocycles. The van der Waals surface area contributed by atoms with E-state index in [1.165, 1.54) is 6.26 Å². The lowest BCUT2D eigenvalue weighted by Crippen LogP contribution is -2.33. The van der Waals surface area contributed by atoms with Crippen LogP contribution in [0.4, 0.5) is 0 Å². The highest BCUT2D eigenvalue weighted by Gasteiger charge is 2.11. The van der Waals surface area contributed by atoms with Crippen LogP contribution in [-0.2, 0) is 6.54 Å². The lowest BCUT2D eigenvalue weighted by molar-refractivity contribution is 0.0931. The smallest absolute Gasteiger partial charge is 0.254 e. The van der Waals surface area contributed by atoms with Crippen molar-refractivity contribution in [2.75, 3.05) is 6.54 Å². The lowest BCUT2D eigenvalue weighted by Gasteiger charge is -2.15. The minimum atomic E-state index is -0.197. The molecular weight excluding hydrogens is 292 g/mol. The maximum absolute atomic E-state index is 11.9. The van der Waals surface area contributed by atoms with E-state index in [-0.39, 0.29) is 31.0 Å². The average molecular weight is 311 g/mol. The third kappa shape index (κ3) is 5.13. The van der Waals surface area contributed by atoms with Crippen LogP contribution in [0, 0.1) is 0 Å². The number of para-hydroxylation sites is 1. The molecule has 3 N–H and O–H groups in total. The van der Waals surface area contributed by atoms with Crippen molar-refractivity contribution in [3.8, 4) is 5.75 Å². The van der Waals surface area contributed by atoms with E-state index in [1.54, 1.807) is 6.07 Å². The second-order valence-electron chi connectivity index (χ2n) is 4.46. The molecule has 1 unspecified atom stereocenters. The minimum absolute atomic E-state index is 0. The molecular formula is C15H19ClN2O3. The summed E-state index contributed by atoms with van der Waals surface area (Å²) in [5.41, 5.74) is 5.90. The van der Waals surface area contributed by atoms with Gasteiger partial charge in [0, 0.05) is 0 Å². The van der Waals surface area contributed by atoms with E-state index in [9.17, 15) is 4.79 Å². The summed E-state index contributed by atoms with van der Waals surface area (Å²) in [5, 5.41) is 2.79. The number of nitrogens with two attached hydrogens (primary N) is 1. The van der Waals surface area contributed by atoms with Gasteiger partial charge in [-0.1, -0.05) is 18.2 Å². The first-order valence-electron chi connectivity index (χ1n) is 6.46. The maximum Gasteiger partial charge on any atom is 0.254 e. The summed E-state index contributed by atoms with van der Waals surface area (Å²) in [5.74, 6) is 1.17. The van der Waals surface area contributed by atoms with Crippen LogP contribution < -0.4 is 15.8 Å². The fraction of sp³-hybridized carbons (Fsp3) is 0.267. The highest BCUT2D eigenvalue weighted by atomic mass is 35.5. The molecule has 21 heavy (non-hydrogen) atoms. The first-order valence-corrected chi connectivity index (χ1v) is 6.46. The van der Waals surface area contributed by atoms with Gasteiger partial charge in [-0.25, -0.2) is 0 Å². The van der Waals surface area contributed by atoms with Gasteiger partial charge in [-0.2, -0.15) is 0 Å². The molecule has 2 aromatic rings. The van der Waals surface area contributed by atoms with Gasteiger partial charge in [0.05, 0.1) is 18.7 Å². The summed E-state index contributed by atoms with van der Waals surface area (Å²) in [6.07, 6.45) is 1.28. The highest BCUT2D eigenvalue weighted by molar-refractivity contribution is 5.93. The van der Waals surface area contributed by atoms with Gasteiger partial charge in [-0.3, -0.25) is 4.79 Å². The first kappa shape index (κ1) is 17.1. The van der Waals surface area contributed by atoms with Gasteiger partial charge < -0.3 is 20.2 Å². The number of furan rings is 1. The van der Waals surface area contributed by atoms with Crippen molar-refractivity contribution >= 4 is 18.3 Å². The van der Waals surface area contributed by atoms with Crippen molar-refractivity contribution in [3.63, 3.8) is 0 Å². The molecule has 5 nitrogen and oxygen atoms in total. The maximum atomic E-state index is 11.9. The molecule has 1 aromatic carbocycles. The summed E-state index contributed by atoms with van der Waals surface area (Å²) >= 11 is 0. The van der Waals surface area contributed by atoms with Crippen LogP contribution in [0.15, 0.2) is 47.1 Å². The van der Waals surface area contributed by atoms with Gasteiger partial charge >= 0.3 is 0 Å². The van der Waals surface area contributed by atoms with Gasteiger partial charge in [-0.15, -0.1) is 12.4 Å². The van der Waals surface area contributed by atoms with Crippen LogP contribution in [0.1, 0.15) is 23.0 Å². The van der Waals surface area contributed by atoms with Crippen LogP contribution in [0.5, 0.6) is 5.75 Å². The van der Waals surface area contributed by atoms with E-state index < -0.39 is 0 Å². The summed E-state index contributed by atoms with van der Waals surface area (Å²) in [4.78, 5) is 11.9. The Morgan fingerprint density at radius 3 is 2.71 bits per heavy atom.